The van der Waals surface area contributed by atoms with Gasteiger partial charge in [0.2, 0.25) is 5.91 Å². The number of nitrogens with one attached hydrogen (secondary N) is 1. The first-order valence-corrected chi connectivity index (χ1v) is 10.4. The first-order valence-electron chi connectivity index (χ1n) is 10.4. The Kier molecular flexibility index (Phi) is 6.98. The van der Waals surface area contributed by atoms with E-state index in [0.29, 0.717) is 23.6 Å². The minimum Gasteiger partial charge on any atom is -0.493 e. The second kappa shape index (κ2) is 9.47. The lowest BCUT2D eigenvalue weighted by Gasteiger charge is -2.41. The van der Waals surface area contributed by atoms with Gasteiger partial charge in [-0.05, 0) is 42.7 Å². The fraction of sp³-hybridized carbons (Fsp3) is 0.458. The molecule has 0 fully saturated rings. The topological polar surface area (TPSA) is 50.8 Å². The highest BCUT2D eigenvalue weighted by atomic mass is 19.1. The molecule has 2 aromatic rings. The number of hydrogen-bond acceptors (Lipinski definition) is 4. The minimum absolute atomic E-state index is 0.000872. The van der Waals surface area contributed by atoms with Gasteiger partial charge in [0.1, 0.15) is 5.82 Å². The van der Waals surface area contributed by atoms with E-state index in [-0.39, 0.29) is 29.7 Å². The van der Waals surface area contributed by atoms with Gasteiger partial charge in [0.25, 0.3) is 0 Å². The van der Waals surface area contributed by atoms with Crippen molar-refractivity contribution in [1.82, 2.24) is 10.2 Å². The first kappa shape index (κ1) is 22.1. The van der Waals surface area contributed by atoms with Gasteiger partial charge in [-0.25, -0.2) is 4.39 Å². The smallest absolute Gasteiger partial charge is 0.222 e. The Hall–Kier alpha value is -2.60. The standard InChI is InChI=1S/C24H31FN2O3/c1-15(2)24(28)26-16(3)23-19-13-22(30-5)21(29-4)12-17(19)10-11-27(23)14-18-8-6-7-9-20(18)25/h6-9,12-13,15-16,23H,10-11,14H2,1-5H3,(H,26,28)/t16-,23+/m1/s1. The molecule has 1 aliphatic rings. The number of methoxy groups -OCH3 is 2. The summed E-state index contributed by atoms with van der Waals surface area (Å²) >= 11 is 0. The van der Waals surface area contributed by atoms with Crippen LogP contribution in [-0.4, -0.2) is 37.6 Å². The number of benzene rings is 2. The van der Waals surface area contributed by atoms with Crippen LogP contribution in [0, 0.1) is 11.7 Å². The highest BCUT2D eigenvalue weighted by molar-refractivity contribution is 5.78. The molecule has 2 atom stereocenters. The number of ether oxygens (including phenoxy) is 2. The molecule has 0 unspecified atom stereocenters. The van der Waals surface area contributed by atoms with Gasteiger partial charge in [0, 0.05) is 30.6 Å². The molecule has 2 aromatic carbocycles. The number of carbonyl (C=O) groups is 1. The van der Waals surface area contributed by atoms with Crippen LogP contribution in [0.2, 0.25) is 0 Å². The summed E-state index contributed by atoms with van der Waals surface area (Å²) in [6, 6.07) is 10.6. The van der Waals surface area contributed by atoms with Gasteiger partial charge >= 0.3 is 0 Å². The molecule has 0 saturated carbocycles. The molecule has 0 spiro atoms. The monoisotopic (exact) mass is 414 g/mol. The van der Waals surface area contributed by atoms with Gasteiger partial charge in [0.05, 0.1) is 20.3 Å². The number of halogens is 1. The quantitative estimate of drug-likeness (QED) is 0.741. The normalized spacial score (nSPS) is 17.4. The summed E-state index contributed by atoms with van der Waals surface area (Å²) < 4.78 is 25.4. The number of fused-ring (bicyclic) bond motifs is 1. The van der Waals surface area contributed by atoms with Crippen LogP contribution < -0.4 is 14.8 Å². The summed E-state index contributed by atoms with van der Waals surface area (Å²) in [5, 5.41) is 3.14. The summed E-state index contributed by atoms with van der Waals surface area (Å²) in [6.45, 7) is 6.98. The van der Waals surface area contributed by atoms with Crippen LogP contribution in [0.5, 0.6) is 11.5 Å². The molecule has 162 valence electrons. The molecule has 0 radical (unpaired) electrons. The molecule has 1 aliphatic heterocycles. The average molecular weight is 415 g/mol. The lowest BCUT2D eigenvalue weighted by Crippen LogP contribution is -2.48. The Morgan fingerprint density at radius 1 is 1.17 bits per heavy atom. The third kappa shape index (κ3) is 4.59. The predicted octanol–water partition coefficient (Wildman–Crippen LogP) is 4.10. The van der Waals surface area contributed by atoms with Crippen molar-refractivity contribution >= 4 is 5.91 Å². The summed E-state index contributed by atoms with van der Waals surface area (Å²) in [5.41, 5.74) is 2.88. The van der Waals surface area contributed by atoms with Gasteiger partial charge in [-0.15, -0.1) is 0 Å². The van der Waals surface area contributed by atoms with Crippen molar-refractivity contribution in [1.29, 1.82) is 0 Å². The Morgan fingerprint density at radius 3 is 2.47 bits per heavy atom. The number of carbonyl (C=O) groups excluding carboxylic acids is 1. The molecule has 1 amide bonds. The maximum Gasteiger partial charge on any atom is 0.222 e. The predicted molar refractivity (Wildman–Crippen MR) is 115 cm³/mol. The summed E-state index contributed by atoms with van der Waals surface area (Å²) in [4.78, 5) is 14.7. The van der Waals surface area contributed by atoms with Crippen LogP contribution in [0.25, 0.3) is 0 Å². The third-order valence-electron chi connectivity index (χ3n) is 5.72. The van der Waals surface area contributed by atoms with Gasteiger partial charge in [-0.1, -0.05) is 32.0 Å². The van der Waals surface area contributed by atoms with Crippen LogP contribution in [0.4, 0.5) is 4.39 Å². The number of amides is 1. The Morgan fingerprint density at radius 2 is 1.83 bits per heavy atom. The van der Waals surface area contributed by atoms with E-state index in [1.54, 1.807) is 20.3 Å². The van der Waals surface area contributed by atoms with Crippen molar-refractivity contribution in [3.63, 3.8) is 0 Å². The fourth-order valence-corrected chi connectivity index (χ4v) is 4.11. The van der Waals surface area contributed by atoms with E-state index in [1.807, 2.05) is 45.0 Å². The molecule has 0 saturated heterocycles. The second-order valence-corrected chi connectivity index (χ2v) is 8.11. The van der Waals surface area contributed by atoms with Gasteiger partial charge < -0.3 is 14.8 Å². The molecule has 0 aliphatic carbocycles. The van der Waals surface area contributed by atoms with E-state index >= 15 is 0 Å². The molecule has 30 heavy (non-hydrogen) atoms. The van der Waals surface area contributed by atoms with Crippen molar-refractivity contribution in [3.8, 4) is 11.5 Å². The Bertz CT molecular complexity index is 900. The molecular formula is C24H31FN2O3. The molecule has 3 rings (SSSR count). The molecular weight excluding hydrogens is 383 g/mol. The number of hydrogen-bond donors (Lipinski definition) is 1. The second-order valence-electron chi connectivity index (χ2n) is 8.11. The van der Waals surface area contributed by atoms with Crippen molar-refractivity contribution in [3.05, 3.63) is 58.9 Å². The average Bonchev–Trinajstić information content (AvgIpc) is 2.73. The van der Waals surface area contributed by atoms with Crippen LogP contribution in [0.3, 0.4) is 0 Å². The first-order chi connectivity index (χ1) is 14.3. The zero-order valence-electron chi connectivity index (χ0n) is 18.4. The van der Waals surface area contributed by atoms with Crippen molar-refractivity contribution < 1.29 is 18.7 Å². The fourth-order valence-electron chi connectivity index (χ4n) is 4.11. The van der Waals surface area contributed by atoms with Gasteiger partial charge in [0.15, 0.2) is 11.5 Å². The largest absolute Gasteiger partial charge is 0.493 e. The molecule has 6 heteroatoms. The van der Waals surface area contributed by atoms with E-state index in [9.17, 15) is 9.18 Å². The van der Waals surface area contributed by atoms with Crippen molar-refractivity contribution in [2.45, 2.75) is 45.8 Å². The van der Waals surface area contributed by atoms with Crippen LogP contribution in [0.15, 0.2) is 36.4 Å². The van der Waals surface area contributed by atoms with E-state index in [4.69, 9.17) is 9.47 Å². The molecule has 1 heterocycles. The SMILES string of the molecule is COc1cc2c(cc1OC)[C@H]([C@@H](C)NC(=O)C(C)C)N(Cc1ccccc1F)CC2. The highest BCUT2D eigenvalue weighted by Gasteiger charge is 2.34. The van der Waals surface area contributed by atoms with E-state index in [0.717, 1.165) is 24.1 Å². The van der Waals surface area contributed by atoms with Crippen molar-refractivity contribution in [2.75, 3.05) is 20.8 Å². The Labute approximate surface area is 178 Å². The maximum absolute atomic E-state index is 14.4. The van der Waals surface area contributed by atoms with E-state index < -0.39 is 0 Å². The minimum atomic E-state index is -0.215. The van der Waals surface area contributed by atoms with E-state index in [2.05, 4.69) is 10.2 Å². The molecule has 0 aromatic heterocycles. The van der Waals surface area contributed by atoms with Gasteiger partial charge in [-0.3, -0.25) is 9.69 Å². The lowest BCUT2D eigenvalue weighted by atomic mass is 9.87. The highest BCUT2D eigenvalue weighted by Crippen LogP contribution is 2.40. The Balaban J connectivity index is 2.01. The summed E-state index contributed by atoms with van der Waals surface area (Å²) in [6.07, 6.45) is 0.811. The molecule has 1 N–H and O–H groups in total. The number of rotatable bonds is 7. The zero-order valence-corrected chi connectivity index (χ0v) is 18.4. The van der Waals surface area contributed by atoms with Gasteiger partial charge in [-0.2, -0.15) is 0 Å². The van der Waals surface area contributed by atoms with Crippen LogP contribution in [0.1, 0.15) is 43.5 Å². The van der Waals surface area contributed by atoms with Crippen LogP contribution in [-0.2, 0) is 17.8 Å². The summed E-state index contributed by atoms with van der Waals surface area (Å²) in [5.74, 6) is 1.02. The summed E-state index contributed by atoms with van der Waals surface area (Å²) in [7, 11) is 3.24. The lowest BCUT2D eigenvalue weighted by molar-refractivity contribution is -0.125. The zero-order chi connectivity index (χ0) is 21.8. The number of nitrogens with zero attached hydrogens (tertiary/aromatic N) is 1. The maximum atomic E-state index is 14.4. The van der Waals surface area contributed by atoms with Crippen LogP contribution >= 0.6 is 0 Å². The van der Waals surface area contributed by atoms with E-state index in [1.165, 1.54) is 6.07 Å². The molecule has 5 nitrogen and oxygen atoms in total. The third-order valence-corrected chi connectivity index (χ3v) is 5.72. The molecule has 0 bridgehead atoms. The van der Waals surface area contributed by atoms with Crippen molar-refractivity contribution in [2.24, 2.45) is 5.92 Å².